The first-order valence-electron chi connectivity index (χ1n) is 6.11. The number of aryl methyl sites for hydroxylation is 1. The van der Waals surface area contributed by atoms with Gasteiger partial charge in [0.15, 0.2) is 0 Å². The molecule has 0 aliphatic heterocycles. The fraction of sp³-hybridized carbons (Fsp3) is 0.286. The maximum Gasteiger partial charge on any atom is 0.387 e. The molecule has 1 aromatic carbocycles. The van der Waals surface area contributed by atoms with E-state index < -0.39 is 6.61 Å². The molecule has 0 amide bonds. The highest BCUT2D eigenvalue weighted by Gasteiger charge is 2.04. The molecule has 0 unspecified atom stereocenters. The van der Waals surface area contributed by atoms with Gasteiger partial charge in [-0.1, -0.05) is 6.07 Å². The van der Waals surface area contributed by atoms with Gasteiger partial charge in [-0.05, 0) is 30.7 Å². The molecule has 1 aromatic heterocycles. The van der Waals surface area contributed by atoms with Crippen LogP contribution in [0.2, 0.25) is 0 Å². The van der Waals surface area contributed by atoms with E-state index in [0.29, 0.717) is 6.54 Å². The summed E-state index contributed by atoms with van der Waals surface area (Å²) in [6, 6.07) is 8.58. The molecule has 1 N–H and O–H groups in total. The van der Waals surface area contributed by atoms with Crippen LogP contribution >= 0.6 is 0 Å². The van der Waals surface area contributed by atoms with Crippen LogP contribution in [0.15, 0.2) is 42.7 Å². The van der Waals surface area contributed by atoms with E-state index in [-0.39, 0.29) is 5.75 Å². The molecule has 0 spiro atoms. The van der Waals surface area contributed by atoms with Crippen molar-refractivity contribution in [3.05, 3.63) is 48.3 Å². The van der Waals surface area contributed by atoms with E-state index in [1.165, 1.54) is 6.07 Å². The van der Waals surface area contributed by atoms with Gasteiger partial charge in [0, 0.05) is 37.2 Å². The van der Waals surface area contributed by atoms with Gasteiger partial charge in [0.05, 0.1) is 0 Å². The lowest BCUT2D eigenvalue weighted by atomic mass is 10.3. The molecule has 0 atom stereocenters. The van der Waals surface area contributed by atoms with Crippen LogP contribution < -0.4 is 10.1 Å². The summed E-state index contributed by atoms with van der Waals surface area (Å²) in [6.45, 7) is 0.847. The van der Waals surface area contributed by atoms with E-state index in [0.717, 1.165) is 17.8 Å². The molecule has 19 heavy (non-hydrogen) atoms. The number of hydrogen-bond donors (Lipinski definition) is 1. The molecule has 2 rings (SSSR count). The van der Waals surface area contributed by atoms with Crippen molar-refractivity contribution in [3.63, 3.8) is 0 Å². The van der Waals surface area contributed by atoms with Gasteiger partial charge >= 0.3 is 6.61 Å². The Morgan fingerprint density at radius 2 is 2.16 bits per heavy atom. The zero-order valence-electron chi connectivity index (χ0n) is 10.6. The fourth-order valence-corrected chi connectivity index (χ4v) is 1.78. The molecule has 3 nitrogen and oxygen atoms in total. The quantitative estimate of drug-likeness (QED) is 0.862. The smallest absolute Gasteiger partial charge is 0.387 e. The van der Waals surface area contributed by atoms with E-state index in [1.54, 1.807) is 12.1 Å². The van der Waals surface area contributed by atoms with Gasteiger partial charge in [-0.2, -0.15) is 8.78 Å². The van der Waals surface area contributed by atoms with Crippen LogP contribution in [0.4, 0.5) is 14.5 Å². The SMILES string of the molecule is CCn1ccc(CNc2cccc(OC(F)F)c2)c1. The molecular weight excluding hydrogens is 250 g/mol. The first-order chi connectivity index (χ1) is 9.17. The normalized spacial score (nSPS) is 10.7. The van der Waals surface area contributed by atoms with Crippen LogP contribution in [0.3, 0.4) is 0 Å². The fourth-order valence-electron chi connectivity index (χ4n) is 1.78. The number of anilines is 1. The number of aromatic nitrogens is 1. The zero-order valence-corrected chi connectivity index (χ0v) is 10.6. The molecule has 0 aliphatic carbocycles. The minimum absolute atomic E-state index is 0.158. The Balaban J connectivity index is 1.95. The van der Waals surface area contributed by atoms with Crippen molar-refractivity contribution in [1.29, 1.82) is 0 Å². The Labute approximate surface area is 110 Å². The Morgan fingerprint density at radius 1 is 1.32 bits per heavy atom. The van der Waals surface area contributed by atoms with Crippen molar-refractivity contribution < 1.29 is 13.5 Å². The third-order valence-corrected chi connectivity index (χ3v) is 2.73. The lowest BCUT2D eigenvalue weighted by Gasteiger charge is -2.08. The third kappa shape index (κ3) is 3.98. The largest absolute Gasteiger partial charge is 0.435 e. The molecule has 0 saturated carbocycles. The zero-order chi connectivity index (χ0) is 13.7. The first kappa shape index (κ1) is 13.4. The minimum Gasteiger partial charge on any atom is -0.435 e. The highest BCUT2D eigenvalue weighted by Crippen LogP contribution is 2.19. The van der Waals surface area contributed by atoms with Crippen LogP contribution in [0.25, 0.3) is 0 Å². The maximum atomic E-state index is 12.1. The van der Waals surface area contributed by atoms with Crippen LogP contribution in [0.1, 0.15) is 12.5 Å². The standard InChI is InChI=1S/C14H16F2N2O/c1-2-18-7-6-11(10-18)9-17-12-4-3-5-13(8-12)19-14(15)16/h3-8,10,14,17H,2,9H2,1H3. The maximum absolute atomic E-state index is 12.1. The summed E-state index contributed by atoms with van der Waals surface area (Å²) in [5, 5.41) is 3.17. The van der Waals surface area contributed by atoms with Gasteiger partial charge < -0.3 is 14.6 Å². The second kappa shape index (κ2) is 6.22. The van der Waals surface area contributed by atoms with Gasteiger partial charge in [-0.25, -0.2) is 0 Å². The summed E-state index contributed by atoms with van der Waals surface area (Å²) in [5.74, 6) is 0.158. The first-order valence-corrected chi connectivity index (χ1v) is 6.11. The van der Waals surface area contributed by atoms with Gasteiger partial charge in [-0.15, -0.1) is 0 Å². The molecular formula is C14H16F2N2O. The second-order valence-electron chi connectivity index (χ2n) is 4.11. The number of ether oxygens (including phenoxy) is 1. The highest BCUT2D eigenvalue weighted by atomic mass is 19.3. The molecule has 0 aliphatic rings. The number of rotatable bonds is 6. The van der Waals surface area contributed by atoms with E-state index >= 15 is 0 Å². The summed E-state index contributed by atoms with van der Waals surface area (Å²) in [6.07, 6.45) is 4.06. The van der Waals surface area contributed by atoms with Gasteiger partial charge in [0.25, 0.3) is 0 Å². The molecule has 0 bridgehead atoms. The Hall–Kier alpha value is -2.04. The third-order valence-electron chi connectivity index (χ3n) is 2.73. The molecule has 5 heteroatoms. The van der Waals surface area contributed by atoms with Crippen LogP contribution in [-0.2, 0) is 13.1 Å². The van der Waals surface area contributed by atoms with E-state index in [1.807, 2.05) is 24.5 Å². The lowest BCUT2D eigenvalue weighted by Crippen LogP contribution is -2.03. The van der Waals surface area contributed by atoms with Crippen LogP contribution in [-0.4, -0.2) is 11.2 Å². The monoisotopic (exact) mass is 266 g/mol. The molecule has 2 aromatic rings. The van der Waals surface area contributed by atoms with Crippen LogP contribution in [0, 0.1) is 0 Å². The summed E-state index contributed by atoms with van der Waals surface area (Å²) in [5.41, 5.74) is 1.89. The van der Waals surface area contributed by atoms with Gasteiger partial charge in [0.1, 0.15) is 5.75 Å². The average molecular weight is 266 g/mol. The van der Waals surface area contributed by atoms with Crippen molar-refractivity contribution in [2.75, 3.05) is 5.32 Å². The predicted octanol–water partition coefficient (Wildman–Crippen LogP) is 3.72. The van der Waals surface area contributed by atoms with Crippen LogP contribution in [0.5, 0.6) is 5.75 Å². The average Bonchev–Trinajstić information content (AvgIpc) is 2.84. The lowest BCUT2D eigenvalue weighted by molar-refractivity contribution is -0.0498. The topological polar surface area (TPSA) is 26.2 Å². The van der Waals surface area contributed by atoms with E-state index in [2.05, 4.69) is 21.5 Å². The summed E-state index contributed by atoms with van der Waals surface area (Å²) < 4.78 is 30.6. The predicted molar refractivity (Wildman–Crippen MR) is 70.5 cm³/mol. The summed E-state index contributed by atoms with van der Waals surface area (Å²) in [4.78, 5) is 0. The van der Waals surface area contributed by atoms with Crippen molar-refractivity contribution in [1.82, 2.24) is 4.57 Å². The van der Waals surface area contributed by atoms with E-state index in [4.69, 9.17) is 0 Å². The van der Waals surface area contributed by atoms with E-state index in [9.17, 15) is 8.78 Å². The number of hydrogen-bond acceptors (Lipinski definition) is 2. The minimum atomic E-state index is -2.80. The molecule has 0 fully saturated rings. The number of nitrogens with zero attached hydrogens (tertiary/aromatic N) is 1. The number of halogens is 2. The van der Waals surface area contributed by atoms with Gasteiger partial charge in [0.2, 0.25) is 0 Å². The molecule has 102 valence electrons. The highest BCUT2D eigenvalue weighted by molar-refractivity contribution is 5.48. The van der Waals surface area contributed by atoms with Gasteiger partial charge in [-0.3, -0.25) is 0 Å². The Morgan fingerprint density at radius 3 is 2.84 bits per heavy atom. The Bertz CT molecular complexity index is 526. The Kier molecular flexibility index (Phi) is 4.39. The van der Waals surface area contributed by atoms with Crippen molar-refractivity contribution in [3.8, 4) is 5.75 Å². The summed E-state index contributed by atoms with van der Waals surface area (Å²) >= 11 is 0. The summed E-state index contributed by atoms with van der Waals surface area (Å²) in [7, 11) is 0. The molecule has 0 saturated heterocycles. The number of nitrogens with one attached hydrogen (secondary N) is 1. The van der Waals surface area contributed by atoms with Crippen molar-refractivity contribution in [2.24, 2.45) is 0 Å². The van der Waals surface area contributed by atoms with Crippen molar-refractivity contribution in [2.45, 2.75) is 26.6 Å². The second-order valence-corrected chi connectivity index (χ2v) is 4.11. The van der Waals surface area contributed by atoms with Crippen molar-refractivity contribution >= 4 is 5.69 Å². The molecule has 0 radical (unpaired) electrons. The number of benzene rings is 1. The number of alkyl halides is 2. The molecule has 1 heterocycles.